The van der Waals surface area contributed by atoms with E-state index in [1.54, 1.807) is 0 Å². The molecule has 0 nitrogen and oxygen atoms in total. The molecule has 0 aliphatic carbocycles. The molecular weight excluding hydrogens is 200 g/mol. The van der Waals surface area contributed by atoms with E-state index < -0.39 is 0 Å². The molecule has 1 aromatic rings. The van der Waals surface area contributed by atoms with Crippen LogP contribution < -0.4 is 0 Å². The zero-order valence-electron chi connectivity index (χ0n) is 10.5. The highest BCUT2D eigenvalue weighted by atomic mass is 32.1. The number of benzene rings is 1. The van der Waals surface area contributed by atoms with Gasteiger partial charge in [0.25, 0.3) is 0 Å². The molecule has 0 saturated heterocycles. The summed E-state index contributed by atoms with van der Waals surface area (Å²) in [5.74, 6) is 1.62. The SMILES string of the molecule is Cc1cc(C)c(C)c(CC(C)CS)c1C. The fourth-order valence-electron chi connectivity index (χ4n) is 2.02. The molecule has 1 atom stereocenters. The van der Waals surface area contributed by atoms with Gasteiger partial charge < -0.3 is 0 Å². The minimum atomic E-state index is 0.659. The maximum Gasteiger partial charge on any atom is -0.00690 e. The minimum absolute atomic E-state index is 0.659. The Bertz CT molecular complexity index is 327. The van der Waals surface area contributed by atoms with Crippen LogP contribution in [0.2, 0.25) is 0 Å². The first kappa shape index (κ1) is 12.6. The van der Waals surface area contributed by atoms with Crippen LogP contribution in [0.4, 0.5) is 0 Å². The Kier molecular flexibility index (Phi) is 4.27. The molecule has 0 fully saturated rings. The third-order valence-corrected chi connectivity index (χ3v) is 4.01. The molecular formula is C14H22S. The lowest BCUT2D eigenvalue weighted by Crippen LogP contribution is -2.07. The van der Waals surface area contributed by atoms with Crippen molar-refractivity contribution in [2.75, 3.05) is 5.75 Å². The molecule has 0 amide bonds. The molecule has 84 valence electrons. The Hall–Kier alpha value is -0.430. The Morgan fingerprint density at radius 2 is 1.53 bits per heavy atom. The molecule has 0 N–H and O–H groups in total. The summed E-state index contributed by atoms with van der Waals surface area (Å²) in [4.78, 5) is 0. The standard InChI is InChI=1S/C14H22S/c1-9(8-15)6-14-12(4)10(2)7-11(3)13(14)5/h7,9,15H,6,8H2,1-5H3. The molecule has 1 unspecified atom stereocenters. The van der Waals surface area contributed by atoms with Gasteiger partial charge in [-0.25, -0.2) is 0 Å². The van der Waals surface area contributed by atoms with Gasteiger partial charge in [-0.05, 0) is 73.6 Å². The van der Waals surface area contributed by atoms with E-state index >= 15 is 0 Å². The van der Waals surface area contributed by atoms with Gasteiger partial charge in [0.05, 0.1) is 0 Å². The maximum atomic E-state index is 4.37. The van der Waals surface area contributed by atoms with E-state index in [0.29, 0.717) is 5.92 Å². The molecule has 1 rings (SSSR count). The highest BCUT2D eigenvalue weighted by Gasteiger charge is 2.10. The van der Waals surface area contributed by atoms with Crippen molar-refractivity contribution in [2.24, 2.45) is 5.92 Å². The molecule has 0 aromatic heterocycles. The number of hydrogen-bond acceptors (Lipinski definition) is 1. The van der Waals surface area contributed by atoms with Gasteiger partial charge in [-0.15, -0.1) is 0 Å². The van der Waals surface area contributed by atoms with E-state index in [1.807, 2.05) is 0 Å². The largest absolute Gasteiger partial charge is 0.179 e. The second-order valence-electron chi connectivity index (χ2n) is 4.73. The number of rotatable bonds is 3. The highest BCUT2D eigenvalue weighted by molar-refractivity contribution is 7.80. The van der Waals surface area contributed by atoms with Gasteiger partial charge in [-0.2, -0.15) is 12.6 Å². The van der Waals surface area contributed by atoms with E-state index in [2.05, 4.69) is 53.3 Å². The van der Waals surface area contributed by atoms with Crippen molar-refractivity contribution in [3.05, 3.63) is 33.9 Å². The average molecular weight is 222 g/mol. The summed E-state index contributed by atoms with van der Waals surface area (Å²) >= 11 is 4.37. The fraction of sp³-hybridized carbons (Fsp3) is 0.571. The second-order valence-corrected chi connectivity index (χ2v) is 5.10. The highest BCUT2D eigenvalue weighted by Crippen LogP contribution is 2.24. The lowest BCUT2D eigenvalue weighted by Gasteiger charge is -2.17. The van der Waals surface area contributed by atoms with Crippen molar-refractivity contribution in [3.63, 3.8) is 0 Å². The van der Waals surface area contributed by atoms with Crippen molar-refractivity contribution in [2.45, 2.75) is 41.0 Å². The molecule has 0 aliphatic rings. The minimum Gasteiger partial charge on any atom is -0.179 e. The molecule has 1 aromatic carbocycles. The van der Waals surface area contributed by atoms with Crippen LogP contribution in [0.5, 0.6) is 0 Å². The van der Waals surface area contributed by atoms with E-state index in [1.165, 1.54) is 27.8 Å². The quantitative estimate of drug-likeness (QED) is 0.733. The zero-order chi connectivity index (χ0) is 11.6. The van der Waals surface area contributed by atoms with Gasteiger partial charge >= 0.3 is 0 Å². The van der Waals surface area contributed by atoms with Crippen LogP contribution in [-0.4, -0.2) is 5.75 Å². The van der Waals surface area contributed by atoms with E-state index in [0.717, 1.165) is 12.2 Å². The Balaban J connectivity index is 3.15. The van der Waals surface area contributed by atoms with Gasteiger partial charge in [-0.1, -0.05) is 13.0 Å². The Labute approximate surface area is 99.5 Å². The van der Waals surface area contributed by atoms with Crippen LogP contribution in [0.3, 0.4) is 0 Å². The summed E-state index contributed by atoms with van der Waals surface area (Å²) in [5.41, 5.74) is 7.30. The van der Waals surface area contributed by atoms with Gasteiger partial charge in [0, 0.05) is 0 Å². The lowest BCUT2D eigenvalue weighted by molar-refractivity contribution is 0.654. The topological polar surface area (TPSA) is 0 Å². The van der Waals surface area contributed by atoms with Crippen molar-refractivity contribution < 1.29 is 0 Å². The summed E-state index contributed by atoms with van der Waals surface area (Å²) in [5, 5.41) is 0. The zero-order valence-corrected chi connectivity index (χ0v) is 11.4. The van der Waals surface area contributed by atoms with E-state index in [9.17, 15) is 0 Å². The van der Waals surface area contributed by atoms with Crippen LogP contribution in [0.1, 0.15) is 34.7 Å². The first-order valence-electron chi connectivity index (χ1n) is 5.64. The van der Waals surface area contributed by atoms with Crippen molar-refractivity contribution in [1.29, 1.82) is 0 Å². The first-order chi connectivity index (χ1) is 6.97. The van der Waals surface area contributed by atoms with Crippen molar-refractivity contribution in [1.82, 2.24) is 0 Å². The molecule has 1 heteroatoms. The fourth-order valence-corrected chi connectivity index (χ4v) is 2.15. The summed E-state index contributed by atoms with van der Waals surface area (Å²) in [7, 11) is 0. The maximum absolute atomic E-state index is 4.37. The predicted octanol–water partition coefficient (Wildman–Crippen LogP) is 4.03. The normalized spacial score (nSPS) is 12.9. The van der Waals surface area contributed by atoms with Crippen LogP contribution >= 0.6 is 12.6 Å². The number of hydrogen-bond donors (Lipinski definition) is 1. The van der Waals surface area contributed by atoms with Crippen LogP contribution in [0.15, 0.2) is 6.07 Å². The van der Waals surface area contributed by atoms with E-state index in [4.69, 9.17) is 0 Å². The monoisotopic (exact) mass is 222 g/mol. The Morgan fingerprint density at radius 1 is 1.07 bits per heavy atom. The summed E-state index contributed by atoms with van der Waals surface area (Å²) in [6.07, 6.45) is 1.16. The summed E-state index contributed by atoms with van der Waals surface area (Å²) in [6.45, 7) is 11.2. The smallest absolute Gasteiger partial charge is 0.00690 e. The van der Waals surface area contributed by atoms with E-state index in [-0.39, 0.29) is 0 Å². The number of aryl methyl sites for hydroxylation is 2. The van der Waals surface area contributed by atoms with Gasteiger partial charge in [0.15, 0.2) is 0 Å². The summed E-state index contributed by atoms with van der Waals surface area (Å²) in [6, 6.07) is 2.29. The van der Waals surface area contributed by atoms with Gasteiger partial charge in [0.1, 0.15) is 0 Å². The third-order valence-electron chi connectivity index (χ3n) is 3.39. The van der Waals surface area contributed by atoms with Crippen LogP contribution in [0, 0.1) is 33.6 Å². The molecule has 15 heavy (non-hydrogen) atoms. The lowest BCUT2D eigenvalue weighted by atomic mass is 9.89. The van der Waals surface area contributed by atoms with Crippen molar-refractivity contribution in [3.8, 4) is 0 Å². The molecule has 0 aliphatic heterocycles. The molecule has 0 spiro atoms. The Morgan fingerprint density at radius 3 is 1.93 bits per heavy atom. The first-order valence-corrected chi connectivity index (χ1v) is 6.27. The van der Waals surface area contributed by atoms with Crippen LogP contribution in [0.25, 0.3) is 0 Å². The summed E-state index contributed by atoms with van der Waals surface area (Å²) < 4.78 is 0. The van der Waals surface area contributed by atoms with Crippen LogP contribution in [-0.2, 0) is 6.42 Å². The molecule has 0 radical (unpaired) electrons. The second kappa shape index (κ2) is 5.07. The molecule has 0 saturated carbocycles. The molecule has 0 bridgehead atoms. The molecule has 0 heterocycles. The third kappa shape index (κ3) is 2.78. The average Bonchev–Trinajstić information content (AvgIpc) is 2.21. The predicted molar refractivity (Wildman–Crippen MR) is 72.1 cm³/mol. The van der Waals surface area contributed by atoms with Gasteiger partial charge in [-0.3, -0.25) is 0 Å². The van der Waals surface area contributed by atoms with Crippen molar-refractivity contribution >= 4 is 12.6 Å². The number of thiol groups is 1. The van der Waals surface area contributed by atoms with Gasteiger partial charge in [0.2, 0.25) is 0 Å².